The van der Waals surface area contributed by atoms with Crippen LogP contribution >= 0.6 is 11.3 Å². The number of aryl methyl sites for hydroxylation is 1. The molecule has 1 aliphatic rings. The summed E-state index contributed by atoms with van der Waals surface area (Å²) >= 11 is 1.77. The Morgan fingerprint density at radius 2 is 1.78 bits per heavy atom. The topological polar surface area (TPSA) is 40.6 Å². The van der Waals surface area contributed by atoms with Crippen LogP contribution in [0.1, 0.15) is 57.7 Å². The summed E-state index contributed by atoms with van der Waals surface area (Å²) in [5.41, 5.74) is 4.16. The molecule has 3 aromatic carbocycles. The van der Waals surface area contributed by atoms with Crippen molar-refractivity contribution in [1.82, 2.24) is 9.80 Å². The lowest BCUT2D eigenvalue weighted by Crippen LogP contribution is -2.47. The summed E-state index contributed by atoms with van der Waals surface area (Å²) in [4.78, 5) is 32.5. The third kappa shape index (κ3) is 4.93. The molecule has 2 heterocycles. The van der Waals surface area contributed by atoms with Crippen molar-refractivity contribution < 1.29 is 9.59 Å². The van der Waals surface area contributed by atoms with Crippen LogP contribution in [-0.4, -0.2) is 41.2 Å². The van der Waals surface area contributed by atoms with Gasteiger partial charge in [-0.15, -0.1) is 11.3 Å². The molecule has 2 amide bonds. The molecule has 0 N–H and O–H groups in total. The Labute approximate surface area is 217 Å². The number of amides is 2. The van der Waals surface area contributed by atoms with Crippen molar-refractivity contribution >= 4 is 33.9 Å². The fraction of sp³-hybridized carbons (Fsp3) is 0.290. The third-order valence-electron chi connectivity index (χ3n) is 7.07. The van der Waals surface area contributed by atoms with Crippen molar-refractivity contribution in [1.29, 1.82) is 0 Å². The highest BCUT2D eigenvalue weighted by molar-refractivity contribution is 7.10. The number of unbranched alkanes of at least 4 members (excludes halogenated alkanes) is 1. The maximum absolute atomic E-state index is 13.8. The number of nitrogens with zero attached hydrogens (tertiary/aromatic N) is 2. The number of benzene rings is 3. The monoisotopic (exact) mass is 496 g/mol. The molecule has 36 heavy (non-hydrogen) atoms. The first-order valence-electron chi connectivity index (χ1n) is 12.8. The highest BCUT2D eigenvalue weighted by atomic mass is 32.1. The first-order chi connectivity index (χ1) is 17.5. The van der Waals surface area contributed by atoms with E-state index in [9.17, 15) is 9.59 Å². The van der Waals surface area contributed by atoms with Gasteiger partial charge in [-0.1, -0.05) is 73.5 Å². The lowest BCUT2D eigenvalue weighted by atomic mass is 9.92. The molecule has 4 nitrogen and oxygen atoms in total. The van der Waals surface area contributed by atoms with Gasteiger partial charge < -0.3 is 9.80 Å². The highest BCUT2D eigenvalue weighted by Gasteiger charge is 2.34. The Morgan fingerprint density at radius 1 is 1.00 bits per heavy atom. The van der Waals surface area contributed by atoms with Gasteiger partial charge in [-0.25, -0.2) is 0 Å². The molecule has 0 bridgehead atoms. The van der Waals surface area contributed by atoms with E-state index in [0.717, 1.165) is 35.6 Å². The van der Waals surface area contributed by atoms with Crippen LogP contribution in [0.15, 0.2) is 78.2 Å². The molecule has 1 aliphatic heterocycles. The molecule has 1 aromatic heterocycles. The molecular formula is C31H32N2O2S. The van der Waals surface area contributed by atoms with E-state index >= 15 is 0 Å². The number of rotatable bonds is 7. The molecule has 0 fully saturated rings. The van der Waals surface area contributed by atoms with Gasteiger partial charge in [-0.2, -0.15) is 0 Å². The molecule has 0 aliphatic carbocycles. The van der Waals surface area contributed by atoms with Gasteiger partial charge in [-0.3, -0.25) is 9.59 Å². The van der Waals surface area contributed by atoms with Crippen LogP contribution in [0.4, 0.5) is 0 Å². The van der Waals surface area contributed by atoms with E-state index in [1.54, 1.807) is 16.2 Å². The normalized spacial score (nSPS) is 15.1. The summed E-state index contributed by atoms with van der Waals surface area (Å²) in [5, 5.41) is 4.26. The smallest absolute Gasteiger partial charge is 0.254 e. The molecule has 0 saturated carbocycles. The second-order valence-electron chi connectivity index (χ2n) is 9.59. The van der Waals surface area contributed by atoms with Crippen LogP contribution < -0.4 is 0 Å². The van der Waals surface area contributed by atoms with E-state index in [4.69, 9.17) is 0 Å². The molecule has 0 spiro atoms. The third-order valence-corrected chi connectivity index (χ3v) is 8.07. The molecule has 1 atom stereocenters. The lowest BCUT2D eigenvalue weighted by Gasteiger charge is -2.37. The van der Waals surface area contributed by atoms with Crippen LogP contribution in [0.3, 0.4) is 0 Å². The summed E-state index contributed by atoms with van der Waals surface area (Å²) in [6.45, 7) is 5.51. The van der Waals surface area contributed by atoms with Gasteiger partial charge in [0.25, 0.3) is 5.91 Å². The summed E-state index contributed by atoms with van der Waals surface area (Å²) in [6, 6.07) is 24.3. The van der Waals surface area contributed by atoms with E-state index in [1.807, 2.05) is 47.4 Å². The second kappa shape index (κ2) is 10.7. The predicted octanol–water partition coefficient (Wildman–Crippen LogP) is 6.63. The van der Waals surface area contributed by atoms with Crippen molar-refractivity contribution in [3.8, 4) is 0 Å². The van der Waals surface area contributed by atoms with E-state index in [1.165, 1.54) is 16.0 Å². The van der Waals surface area contributed by atoms with Crippen LogP contribution in [0, 0.1) is 6.92 Å². The number of carbonyl (C=O) groups is 2. The van der Waals surface area contributed by atoms with E-state index in [-0.39, 0.29) is 24.4 Å². The van der Waals surface area contributed by atoms with Crippen LogP contribution in [0.2, 0.25) is 0 Å². The van der Waals surface area contributed by atoms with Crippen molar-refractivity contribution in [3.63, 3.8) is 0 Å². The zero-order valence-corrected chi connectivity index (χ0v) is 21.8. The average molecular weight is 497 g/mol. The zero-order chi connectivity index (χ0) is 25.1. The SMILES string of the molecule is CCCCN(CC(=O)N1CCc2sccc2C1c1ccc(C)cc1)C(=O)c1ccc2ccccc2c1. The number of fused-ring (bicyclic) bond motifs is 2. The number of carbonyl (C=O) groups excluding carboxylic acids is 2. The Kier molecular flexibility index (Phi) is 7.19. The van der Waals surface area contributed by atoms with Crippen molar-refractivity contribution in [3.05, 3.63) is 105 Å². The number of hydrogen-bond donors (Lipinski definition) is 0. The fourth-order valence-corrected chi connectivity index (χ4v) is 5.96. The summed E-state index contributed by atoms with van der Waals surface area (Å²) in [6.07, 6.45) is 2.68. The second-order valence-corrected chi connectivity index (χ2v) is 10.6. The molecule has 0 radical (unpaired) electrons. The van der Waals surface area contributed by atoms with Gasteiger partial charge in [0, 0.05) is 23.5 Å². The van der Waals surface area contributed by atoms with E-state index in [0.29, 0.717) is 18.7 Å². The minimum atomic E-state index is -0.114. The van der Waals surface area contributed by atoms with E-state index < -0.39 is 0 Å². The van der Waals surface area contributed by atoms with E-state index in [2.05, 4.69) is 49.6 Å². The van der Waals surface area contributed by atoms with Gasteiger partial charge in [-0.05, 0) is 65.2 Å². The standard InChI is InChI=1S/C31H32N2O2S/c1-3-4-17-32(31(35)26-14-13-23-7-5-6-8-25(23)20-26)21-29(34)33-18-15-28-27(16-19-36-28)30(33)24-11-9-22(2)10-12-24/h5-14,16,19-20,30H,3-4,15,17-18,21H2,1-2H3. The fourth-order valence-electron chi connectivity index (χ4n) is 5.05. The van der Waals surface area contributed by atoms with Crippen molar-refractivity contribution in [2.45, 2.75) is 39.2 Å². The van der Waals surface area contributed by atoms with Gasteiger partial charge in [0.1, 0.15) is 6.54 Å². The Balaban J connectivity index is 1.42. The van der Waals surface area contributed by atoms with Crippen molar-refractivity contribution in [2.75, 3.05) is 19.6 Å². The quantitative estimate of drug-likeness (QED) is 0.288. The molecular weight excluding hydrogens is 464 g/mol. The lowest BCUT2D eigenvalue weighted by molar-refractivity contribution is -0.134. The highest BCUT2D eigenvalue weighted by Crippen LogP contribution is 2.38. The Bertz CT molecular complexity index is 1370. The molecule has 5 rings (SSSR count). The first-order valence-corrected chi connectivity index (χ1v) is 13.6. The van der Waals surface area contributed by atoms with Gasteiger partial charge in [0.15, 0.2) is 0 Å². The Morgan fingerprint density at radius 3 is 2.56 bits per heavy atom. The predicted molar refractivity (Wildman–Crippen MR) is 148 cm³/mol. The molecule has 1 unspecified atom stereocenters. The number of thiophene rings is 1. The van der Waals surface area contributed by atoms with Gasteiger partial charge in [0.05, 0.1) is 6.04 Å². The largest absolute Gasteiger partial charge is 0.330 e. The Hall–Kier alpha value is -3.44. The first kappa shape index (κ1) is 24.3. The summed E-state index contributed by atoms with van der Waals surface area (Å²) in [5.74, 6) is -0.0784. The van der Waals surface area contributed by atoms with Crippen molar-refractivity contribution in [2.24, 2.45) is 0 Å². The molecule has 4 aromatic rings. The summed E-state index contributed by atoms with van der Waals surface area (Å²) < 4.78 is 0. The molecule has 5 heteroatoms. The maximum Gasteiger partial charge on any atom is 0.254 e. The number of hydrogen-bond acceptors (Lipinski definition) is 3. The van der Waals surface area contributed by atoms with Gasteiger partial charge in [0.2, 0.25) is 5.91 Å². The van der Waals surface area contributed by atoms with Gasteiger partial charge >= 0.3 is 0 Å². The summed E-state index contributed by atoms with van der Waals surface area (Å²) in [7, 11) is 0. The van der Waals surface area contributed by atoms with Crippen LogP contribution in [0.25, 0.3) is 10.8 Å². The minimum absolute atomic E-state index is 0.00247. The molecule has 184 valence electrons. The zero-order valence-electron chi connectivity index (χ0n) is 20.9. The maximum atomic E-state index is 13.8. The molecule has 0 saturated heterocycles. The van der Waals surface area contributed by atoms with Crippen LogP contribution in [-0.2, 0) is 11.2 Å². The average Bonchev–Trinajstić information content (AvgIpc) is 3.39. The minimum Gasteiger partial charge on any atom is -0.330 e. The van der Waals surface area contributed by atoms with Crippen LogP contribution in [0.5, 0.6) is 0 Å².